The maximum atomic E-state index is 5.80. The van der Waals surface area contributed by atoms with Crippen LogP contribution in [0.2, 0.25) is 0 Å². The summed E-state index contributed by atoms with van der Waals surface area (Å²) >= 11 is 0. The Kier molecular flexibility index (Phi) is 5.75. The summed E-state index contributed by atoms with van der Waals surface area (Å²) in [5, 5.41) is 6.55. The van der Waals surface area contributed by atoms with Gasteiger partial charge in [0.05, 0.1) is 13.2 Å². The van der Waals surface area contributed by atoms with E-state index in [1.807, 2.05) is 24.4 Å². The van der Waals surface area contributed by atoms with Crippen LogP contribution in [0, 0.1) is 0 Å². The molecule has 128 valence electrons. The minimum absolute atomic E-state index is 0.250. The average Bonchev–Trinajstić information content (AvgIpc) is 2.61. The number of ether oxygens (including phenoxy) is 1. The Morgan fingerprint density at radius 1 is 1.17 bits per heavy atom. The zero-order chi connectivity index (χ0) is 16.6. The van der Waals surface area contributed by atoms with Crippen molar-refractivity contribution >= 4 is 17.6 Å². The molecule has 0 atom stereocenters. The molecule has 1 fully saturated rings. The van der Waals surface area contributed by atoms with E-state index in [0.29, 0.717) is 12.4 Å². The highest BCUT2D eigenvalue weighted by Gasteiger charge is 2.09. The van der Waals surface area contributed by atoms with Gasteiger partial charge in [-0.25, -0.2) is 0 Å². The Balaban J connectivity index is 1.51. The summed E-state index contributed by atoms with van der Waals surface area (Å²) < 4.78 is 5.35. The fourth-order valence-corrected chi connectivity index (χ4v) is 2.51. The van der Waals surface area contributed by atoms with Gasteiger partial charge in [-0.3, -0.25) is 9.88 Å². The van der Waals surface area contributed by atoms with Crippen LogP contribution in [0.1, 0.15) is 5.56 Å². The molecule has 24 heavy (non-hydrogen) atoms. The molecule has 2 aromatic heterocycles. The lowest BCUT2D eigenvalue weighted by Gasteiger charge is -2.26. The van der Waals surface area contributed by atoms with Crippen molar-refractivity contribution in [3.63, 3.8) is 0 Å². The SMILES string of the molecule is Nc1nc(NCCN2CCOCC2)cc(NCc2cccnc2)n1. The molecule has 2 aromatic rings. The lowest BCUT2D eigenvalue weighted by atomic mass is 10.3. The first-order valence-electron chi connectivity index (χ1n) is 8.11. The highest BCUT2D eigenvalue weighted by molar-refractivity contribution is 5.51. The number of nitrogens with one attached hydrogen (secondary N) is 2. The number of anilines is 3. The summed E-state index contributed by atoms with van der Waals surface area (Å²) in [5.41, 5.74) is 6.88. The molecule has 8 heteroatoms. The van der Waals surface area contributed by atoms with Crippen LogP contribution >= 0.6 is 0 Å². The van der Waals surface area contributed by atoms with Crippen LogP contribution in [-0.4, -0.2) is 59.2 Å². The monoisotopic (exact) mass is 329 g/mol. The van der Waals surface area contributed by atoms with Gasteiger partial charge < -0.3 is 21.1 Å². The first-order valence-corrected chi connectivity index (χ1v) is 8.11. The molecule has 4 N–H and O–H groups in total. The number of aromatic nitrogens is 3. The van der Waals surface area contributed by atoms with Gasteiger partial charge in [-0.2, -0.15) is 9.97 Å². The largest absolute Gasteiger partial charge is 0.379 e. The van der Waals surface area contributed by atoms with Gasteiger partial charge in [0.25, 0.3) is 0 Å². The van der Waals surface area contributed by atoms with Crippen molar-refractivity contribution in [1.82, 2.24) is 19.9 Å². The molecule has 1 aliphatic rings. The number of rotatable bonds is 7. The Labute approximate surface area is 141 Å². The van der Waals surface area contributed by atoms with E-state index in [9.17, 15) is 0 Å². The minimum atomic E-state index is 0.250. The summed E-state index contributed by atoms with van der Waals surface area (Å²) in [5.74, 6) is 1.67. The van der Waals surface area contributed by atoms with Gasteiger partial charge in [-0.15, -0.1) is 0 Å². The molecule has 0 saturated carbocycles. The second-order valence-electron chi connectivity index (χ2n) is 5.59. The lowest BCUT2D eigenvalue weighted by Crippen LogP contribution is -2.39. The predicted molar refractivity (Wildman–Crippen MR) is 93.8 cm³/mol. The topological polar surface area (TPSA) is 101 Å². The van der Waals surface area contributed by atoms with E-state index in [4.69, 9.17) is 10.5 Å². The van der Waals surface area contributed by atoms with Gasteiger partial charge in [0, 0.05) is 51.2 Å². The Morgan fingerprint density at radius 2 is 1.96 bits per heavy atom. The van der Waals surface area contributed by atoms with Gasteiger partial charge in [-0.1, -0.05) is 6.07 Å². The highest BCUT2D eigenvalue weighted by atomic mass is 16.5. The van der Waals surface area contributed by atoms with Crippen LogP contribution in [-0.2, 0) is 11.3 Å². The molecule has 3 heterocycles. The second-order valence-corrected chi connectivity index (χ2v) is 5.59. The number of hydrogen-bond acceptors (Lipinski definition) is 8. The van der Waals surface area contributed by atoms with E-state index in [2.05, 4.69) is 30.5 Å². The van der Waals surface area contributed by atoms with Gasteiger partial charge >= 0.3 is 0 Å². The van der Waals surface area contributed by atoms with Gasteiger partial charge in [0.2, 0.25) is 5.95 Å². The fraction of sp³-hybridized carbons (Fsp3) is 0.438. The third-order valence-corrected chi connectivity index (χ3v) is 3.78. The summed E-state index contributed by atoms with van der Waals surface area (Å²) in [7, 11) is 0. The second kappa shape index (κ2) is 8.42. The zero-order valence-electron chi connectivity index (χ0n) is 13.6. The standard InChI is InChI=1S/C16H23N7O/c17-16-21-14(19-4-5-23-6-8-24-9-7-23)10-15(22-16)20-12-13-2-1-3-18-11-13/h1-3,10-11H,4-9,12H2,(H4,17,19,20,21,22). The average molecular weight is 329 g/mol. The van der Waals surface area contributed by atoms with Crippen LogP contribution in [0.5, 0.6) is 0 Å². The van der Waals surface area contributed by atoms with E-state index in [1.54, 1.807) is 6.20 Å². The van der Waals surface area contributed by atoms with E-state index in [0.717, 1.165) is 50.8 Å². The first kappa shape index (κ1) is 16.4. The number of nitrogen functional groups attached to an aromatic ring is 1. The van der Waals surface area contributed by atoms with Crippen molar-refractivity contribution < 1.29 is 4.74 Å². The Morgan fingerprint density at radius 3 is 2.71 bits per heavy atom. The molecule has 0 unspecified atom stereocenters. The third-order valence-electron chi connectivity index (χ3n) is 3.78. The zero-order valence-corrected chi connectivity index (χ0v) is 13.6. The van der Waals surface area contributed by atoms with Gasteiger partial charge in [0.15, 0.2) is 0 Å². The van der Waals surface area contributed by atoms with E-state index >= 15 is 0 Å². The number of pyridine rings is 1. The number of morpholine rings is 1. The molecule has 1 saturated heterocycles. The maximum absolute atomic E-state index is 5.80. The van der Waals surface area contributed by atoms with Gasteiger partial charge in [0.1, 0.15) is 11.6 Å². The van der Waals surface area contributed by atoms with Crippen LogP contribution in [0.25, 0.3) is 0 Å². The summed E-state index contributed by atoms with van der Waals surface area (Å²) in [6, 6.07) is 5.78. The highest BCUT2D eigenvalue weighted by Crippen LogP contribution is 2.13. The maximum Gasteiger partial charge on any atom is 0.223 e. The van der Waals surface area contributed by atoms with Crippen molar-refractivity contribution in [1.29, 1.82) is 0 Å². The predicted octanol–water partition coefficient (Wildman–Crippen LogP) is 0.810. The summed E-state index contributed by atoms with van der Waals surface area (Å²) in [6.07, 6.45) is 3.57. The molecule has 0 amide bonds. The number of nitrogens with two attached hydrogens (primary N) is 1. The van der Waals surface area contributed by atoms with E-state index in [1.165, 1.54) is 0 Å². The molecule has 3 rings (SSSR count). The van der Waals surface area contributed by atoms with Crippen molar-refractivity contribution in [2.45, 2.75) is 6.54 Å². The molecule has 0 aliphatic carbocycles. The quantitative estimate of drug-likeness (QED) is 0.686. The van der Waals surface area contributed by atoms with Crippen LogP contribution < -0.4 is 16.4 Å². The van der Waals surface area contributed by atoms with Crippen molar-refractivity contribution in [3.8, 4) is 0 Å². The first-order chi connectivity index (χ1) is 11.8. The van der Waals surface area contributed by atoms with E-state index in [-0.39, 0.29) is 5.95 Å². The lowest BCUT2D eigenvalue weighted by molar-refractivity contribution is 0.0398. The molecule has 1 aliphatic heterocycles. The molecule has 0 spiro atoms. The Hall–Kier alpha value is -2.45. The Bertz CT molecular complexity index is 632. The number of hydrogen-bond donors (Lipinski definition) is 3. The van der Waals surface area contributed by atoms with Crippen molar-refractivity contribution in [3.05, 3.63) is 36.2 Å². The number of nitrogens with zero attached hydrogens (tertiary/aromatic N) is 4. The molecule has 0 bridgehead atoms. The summed E-state index contributed by atoms with van der Waals surface area (Å²) in [6.45, 7) is 5.96. The normalized spacial score (nSPS) is 15.2. The van der Waals surface area contributed by atoms with Crippen LogP contribution in [0.4, 0.5) is 17.6 Å². The van der Waals surface area contributed by atoms with Gasteiger partial charge in [-0.05, 0) is 11.6 Å². The fourth-order valence-electron chi connectivity index (χ4n) is 2.51. The molecule has 0 radical (unpaired) electrons. The third kappa shape index (κ3) is 5.04. The van der Waals surface area contributed by atoms with Crippen LogP contribution in [0.15, 0.2) is 30.6 Å². The minimum Gasteiger partial charge on any atom is -0.379 e. The molecular formula is C16H23N7O. The molecule has 0 aromatic carbocycles. The molecule has 8 nitrogen and oxygen atoms in total. The smallest absolute Gasteiger partial charge is 0.223 e. The summed E-state index contributed by atoms with van der Waals surface area (Å²) in [4.78, 5) is 14.9. The van der Waals surface area contributed by atoms with E-state index < -0.39 is 0 Å². The van der Waals surface area contributed by atoms with Crippen LogP contribution in [0.3, 0.4) is 0 Å². The van der Waals surface area contributed by atoms with Crippen molar-refractivity contribution in [2.75, 3.05) is 55.8 Å². The molecular weight excluding hydrogens is 306 g/mol. The van der Waals surface area contributed by atoms with Crippen molar-refractivity contribution in [2.24, 2.45) is 0 Å².